The zero-order valence-electron chi connectivity index (χ0n) is 26.5. The number of allylic oxidation sites excluding steroid dienone is 1. The van der Waals surface area contributed by atoms with Crippen LogP contribution in [0.25, 0.3) is 17.4 Å². The standard InChI is InChI=1S/C35H35BrN2O7S/c1-7-9-26-30(34(41)43-8-2)31(21-11-14-28(42-6)25(36)17-21)38-32(39)29(46-35(38)37-26)18-23-12-15-27(45-23)24-13-10-22(16-20(24)5)33(40)44-19(3)4/h10-19,31H,7-9H2,1-6H3/b29-18+/t31-/m1/s1. The highest BCUT2D eigenvalue weighted by Gasteiger charge is 2.34. The highest BCUT2D eigenvalue weighted by Crippen LogP contribution is 2.36. The number of aromatic nitrogens is 1. The SMILES string of the molecule is CCCC1=C(C(=O)OCC)[C@@H](c2ccc(OC)c(Br)c2)n2c(s/c(=C/c3ccc(-c4ccc(C(=O)OC(C)C)cc4C)o3)c2=O)=N1. The van der Waals surface area contributed by atoms with Gasteiger partial charge in [-0.3, -0.25) is 9.36 Å². The molecule has 0 N–H and O–H groups in total. The molecule has 240 valence electrons. The zero-order valence-corrected chi connectivity index (χ0v) is 28.9. The van der Waals surface area contributed by atoms with Crippen molar-refractivity contribution >= 4 is 45.3 Å². The summed E-state index contributed by atoms with van der Waals surface area (Å²) in [5.41, 5.74) is 3.47. The molecule has 1 atom stereocenters. The van der Waals surface area contributed by atoms with E-state index in [-0.39, 0.29) is 24.2 Å². The van der Waals surface area contributed by atoms with Gasteiger partial charge in [0, 0.05) is 11.6 Å². The Balaban J connectivity index is 1.60. The molecular formula is C35H35BrN2O7S. The van der Waals surface area contributed by atoms with Crippen LogP contribution in [0.2, 0.25) is 0 Å². The maximum Gasteiger partial charge on any atom is 0.338 e. The predicted octanol–water partition coefficient (Wildman–Crippen LogP) is 6.48. The molecule has 0 saturated carbocycles. The molecule has 1 aliphatic heterocycles. The van der Waals surface area contributed by atoms with Crippen LogP contribution in [0.4, 0.5) is 0 Å². The first-order valence-electron chi connectivity index (χ1n) is 15.0. The summed E-state index contributed by atoms with van der Waals surface area (Å²) in [7, 11) is 1.58. The lowest BCUT2D eigenvalue weighted by molar-refractivity contribution is -0.139. The van der Waals surface area contributed by atoms with E-state index in [9.17, 15) is 14.4 Å². The number of halogens is 1. The summed E-state index contributed by atoms with van der Waals surface area (Å²) in [4.78, 5) is 45.2. The second-order valence-electron chi connectivity index (χ2n) is 11.0. The van der Waals surface area contributed by atoms with Crippen molar-refractivity contribution < 1.29 is 28.2 Å². The average Bonchev–Trinajstić information content (AvgIpc) is 3.60. The summed E-state index contributed by atoms with van der Waals surface area (Å²) in [6.07, 6.45) is 2.77. The first kappa shape index (κ1) is 33.2. The van der Waals surface area contributed by atoms with Crippen LogP contribution in [0.3, 0.4) is 0 Å². The average molecular weight is 708 g/mol. The van der Waals surface area contributed by atoms with Crippen molar-refractivity contribution in [1.82, 2.24) is 4.57 Å². The normalized spacial score (nSPS) is 14.7. The van der Waals surface area contributed by atoms with E-state index in [4.69, 9.17) is 23.6 Å². The Morgan fingerprint density at radius 3 is 2.54 bits per heavy atom. The van der Waals surface area contributed by atoms with Crippen molar-refractivity contribution in [3.05, 3.63) is 106 Å². The third-order valence-electron chi connectivity index (χ3n) is 7.35. The van der Waals surface area contributed by atoms with Gasteiger partial charge in [0.05, 0.1) is 51.7 Å². The Morgan fingerprint density at radius 2 is 1.89 bits per heavy atom. The zero-order chi connectivity index (χ0) is 33.1. The number of carbonyl (C=O) groups is 2. The summed E-state index contributed by atoms with van der Waals surface area (Å²) in [6.45, 7) is 9.47. The first-order chi connectivity index (χ1) is 22.1. The fourth-order valence-electron chi connectivity index (χ4n) is 5.34. The number of hydrogen-bond acceptors (Lipinski definition) is 9. The minimum atomic E-state index is -0.753. The van der Waals surface area contributed by atoms with E-state index in [0.29, 0.717) is 59.9 Å². The van der Waals surface area contributed by atoms with Gasteiger partial charge in [0.1, 0.15) is 17.3 Å². The fourth-order valence-corrected chi connectivity index (χ4v) is 6.90. The smallest absolute Gasteiger partial charge is 0.338 e. The molecule has 2 aromatic carbocycles. The Labute approximate surface area is 279 Å². The summed E-state index contributed by atoms with van der Waals surface area (Å²) in [6, 6.07) is 13.7. The van der Waals surface area contributed by atoms with E-state index >= 15 is 0 Å². The van der Waals surface area contributed by atoms with Crippen LogP contribution in [-0.4, -0.2) is 36.3 Å². The lowest BCUT2D eigenvalue weighted by atomic mass is 9.94. The van der Waals surface area contributed by atoms with E-state index in [1.165, 1.54) is 11.3 Å². The summed E-state index contributed by atoms with van der Waals surface area (Å²) in [5, 5.41) is 0. The van der Waals surface area contributed by atoms with Crippen molar-refractivity contribution in [2.24, 2.45) is 4.99 Å². The Bertz CT molecular complexity index is 2020. The van der Waals surface area contributed by atoms with Gasteiger partial charge in [0.25, 0.3) is 5.56 Å². The highest BCUT2D eigenvalue weighted by atomic mass is 79.9. The number of rotatable bonds is 10. The Hall–Kier alpha value is -4.22. The van der Waals surface area contributed by atoms with Crippen LogP contribution in [0.15, 0.2) is 78.5 Å². The van der Waals surface area contributed by atoms with Crippen LogP contribution >= 0.6 is 27.3 Å². The van der Waals surface area contributed by atoms with E-state index < -0.39 is 12.0 Å². The van der Waals surface area contributed by atoms with Crippen molar-refractivity contribution in [3.8, 4) is 17.1 Å². The van der Waals surface area contributed by atoms with Gasteiger partial charge in [0.15, 0.2) is 4.80 Å². The van der Waals surface area contributed by atoms with Crippen LogP contribution in [0, 0.1) is 6.92 Å². The monoisotopic (exact) mass is 706 g/mol. The van der Waals surface area contributed by atoms with E-state index in [1.54, 1.807) is 48.9 Å². The Kier molecular flexibility index (Phi) is 10.1. The predicted molar refractivity (Wildman–Crippen MR) is 180 cm³/mol. The van der Waals surface area contributed by atoms with E-state index in [2.05, 4.69) is 15.9 Å². The summed E-state index contributed by atoms with van der Waals surface area (Å²) >= 11 is 4.79. The number of carbonyl (C=O) groups excluding carboxylic acids is 2. The molecular weight excluding hydrogens is 672 g/mol. The van der Waals surface area contributed by atoms with Gasteiger partial charge in [-0.2, -0.15) is 0 Å². The van der Waals surface area contributed by atoms with Crippen LogP contribution < -0.4 is 19.6 Å². The maximum atomic E-state index is 14.1. The summed E-state index contributed by atoms with van der Waals surface area (Å²) < 4.78 is 25.0. The number of thiazole rings is 1. The third kappa shape index (κ3) is 6.66. The number of benzene rings is 2. The second kappa shape index (κ2) is 14.0. The van der Waals surface area contributed by atoms with Gasteiger partial charge in [-0.1, -0.05) is 36.8 Å². The molecule has 0 spiro atoms. The maximum absolute atomic E-state index is 14.1. The lowest BCUT2D eigenvalue weighted by Crippen LogP contribution is -2.40. The van der Waals surface area contributed by atoms with Crippen LogP contribution in [0.5, 0.6) is 5.75 Å². The number of furan rings is 1. The summed E-state index contributed by atoms with van der Waals surface area (Å²) in [5.74, 6) is 0.811. The number of hydrogen-bond donors (Lipinski definition) is 0. The second-order valence-corrected chi connectivity index (χ2v) is 12.9. The minimum absolute atomic E-state index is 0.191. The third-order valence-corrected chi connectivity index (χ3v) is 8.96. The molecule has 0 bridgehead atoms. The van der Waals surface area contributed by atoms with Crippen molar-refractivity contribution in [2.45, 2.75) is 59.6 Å². The largest absolute Gasteiger partial charge is 0.496 e. The molecule has 0 unspecified atom stereocenters. The van der Waals surface area contributed by atoms with E-state index in [0.717, 1.165) is 17.5 Å². The van der Waals surface area contributed by atoms with Crippen LogP contribution in [-0.2, 0) is 14.3 Å². The molecule has 5 rings (SSSR count). The molecule has 1 aliphatic rings. The molecule has 0 radical (unpaired) electrons. The van der Waals surface area contributed by atoms with Gasteiger partial charge in [-0.05, 0) is 97.6 Å². The number of fused-ring (bicyclic) bond motifs is 1. The molecule has 9 nitrogen and oxygen atoms in total. The molecule has 0 fully saturated rings. The topological polar surface area (TPSA) is 109 Å². The molecule has 0 amide bonds. The number of esters is 2. The van der Waals surface area contributed by atoms with E-state index in [1.807, 2.05) is 52.0 Å². The molecule has 46 heavy (non-hydrogen) atoms. The molecule has 0 saturated heterocycles. The molecule has 2 aromatic heterocycles. The van der Waals surface area contributed by atoms with Crippen molar-refractivity contribution in [2.75, 3.05) is 13.7 Å². The van der Waals surface area contributed by atoms with Crippen molar-refractivity contribution in [1.29, 1.82) is 0 Å². The number of methoxy groups -OCH3 is 1. The van der Waals surface area contributed by atoms with Gasteiger partial charge in [-0.25, -0.2) is 14.6 Å². The highest BCUT2D eigenvalue weighted by molar-refractivity contribution is 9.10. The lowest BCUT2D eigenvalue weighted by Gasteiger charge is -2.26. The van der Waals surface area contributed by atoms with Gasteiger partial charge in [-0.15, -0.1) is 0 Å². The Morgan fingerprint density at radius 1 is 1.11 bits per heavy atom. The first-order valence-corrected chi connectivity index (χ1v) is 16.6. The molecule has 0 aliphatic carbocycles. The fraction of sp³-hybridized carbons (Fsp3) is 0.314. The van der Waals surface area contributed by atoms with Crippen molar-refractivity contribution in [3.63, 3.8) is 0 Å². The quantitative estimate of drug-likeness (QED) is 0.174. The number of aryl methyl sites for hydroxylation is 1. The molecule has 11 heteroatoms. The van der Waals surface area contributed by atoms with Gasteiger partial charge >= 0.3 is 11.9 Å². The molecule has 4 aromatic rings. The number of nitrogens with zero attached hydrogens (tertiary/aromatic N) is 2. The number of ether oxygens (including phenoxy) is 3. The molecule has 3 heterocycles. The van der Waals surface area contributed by atoms with Gasteiger partial charge in [0.2, 0.25) is 0 Å². The van der Waals surface area contributed by atoms with Gasteiger partial charge < -0.3 is 18.6 Å². The minimum Gasteiger partial charge on any atom is -0.496 e. The van der Waals surface area contributed by atoms with Crippen LogP contribution in [0.1, 0.15) is 73.8 Å².